The minimum Gasteiger partial charge on any atom is -0.326 e. The van der Waals surface area contributed by atoms with E-state index in [0.29, 0.717) is 0 Å². The predicted molar refractivity (Wildman–Crippen MR) is 47.5 cm³/mol. The third-order valence-corrected chi connectivity index (χ3v) is 1.48. The van der Waals surface area contributed by atoms with Gasteiger partial charge in [-0.3, -0.25) is 10.5 Å². The molecule has 12 heavy (non-hydrogen) atoms. The molecular formula is C9H11N2O. The molecule has 0 aliphatic carbocycles. The van der Waals surface area contributed by atoms with Gasteiger partial charge in [0.05, 0.1) is 0 Å². The van der Waals surface area contributed by atoms with Crippen molar-refractivity contribution in [3.05, 3.63) is 29.8 Å². The smallest absolute Gasteiger partial charge is 0.221 e. The van der Waals surface area contributed by atoms with Gasteiger partial charge < -0.3 is 5.32 Å². The Balaban J connectivity index is 2.71. The number of hydrogen-bond acceptors (Lipinski definition) is 1. The molecule has 0 saturated heterocycles. The fraction of sp³-hybridized carbons (Fsp3) is 0.222. The topological polar surface area (TPSA) is 52.9 Å². The summed E-state index contributed by atoms with van der Waals surface area (Å²) < 4.78 is 0. The number of benzene rings is 1. The molecule has 1 amide bonds. The number of amides is 1. The van der Waals surface area contributed by atoms with Crippen LogP contribution >= 0.6 is 0 Å². The summed E-state index contributed by atoms with van der Waals surface area (Å²) in [6.45, 7) is 1.75. The van der Waals surface area contributed by atoms with Crippen LogP contribution in [0.2, 0.25) is 0 Å². The first-order chi connectivity index (χ1) is 5.72. The van der Waals surface area contributed by atoms with Crippen molar-refractivity contribution in [2.45, 2.75) is 13.5 Å². The second kappa shape index (κ2) is 3.88. The maximum absolute atomic E-state index is 10.6. The van der Waals surface area contributed by atoms with Crippen LogP contribution < -0.4 is 11.1 Å². The highest BCUT2D eigenvalue weighted by molar-refractivity contribution is 5.88. The summed E-state index contributed by atoms with van der Waals surface area (Å²) in [7, 11) is 0. The Bertz CT molecular complexity index is 266. The summed E-state index contributed by atoms with van der Waals surface area (Å²) in [4.78, 5) is 10.6. The maximum atomic E-state index is 10.6. The fourth-order valence-electron chi connectivity index (χ4n) is 0.909. The van der Waals surface area contributed by atoms with Gasteiger partial charge in [0.15, 0.2) is 0 Å². The largest absolute Gasteiger partial charge is 0.326 e. The third-order valence-electron chi connectivity index (χ3n) is 1.48. The van der Waals surface area contributed by atoms with E-state index in [1.807, 2.05) is 12.1 Å². The zero-order chi connectivity index (χ0) is 8.97. The lowest BCUT2D eigenvalue weighted by Crippen LogP contribution is -2.05. The van der Waals surface area contributed by atoms with Gasteiger partial charge in [0, 0.05) is 19.2 Å². The average Bonchev–Trinajstić information content (AvgIpc) is 2.05. The molecule has 1 radical (unpaired) electrons. The second-order valence-corrected chi connectivity index (χ2v) is 2.55. The lowest BCUT2D eigenvalue weighted by atomic mass is 10.2. The monoisotopic (exact) mass is 163 g/mol. The molecule has 63 valence electrons. The predicted octanol–water partition coefficient (Wildman–Crippen LogP) is 1.43. The summed E-state index contributed by atoms with van der Waals surface area (Å²) in [5, 5.41) is 2.66. The molecular weight excluding hydrogens is 152 g/mol. The van der Waals surface area contributed by atoms with Gasteiger partial charge in [0.1, 0.15) is 0 Å². The van der Waals surface area contributed by atoms with Crippen LogP contribution in [0.4, 0.5) is 5.69 Å². The van der Waals surface area contributed by atoms with Gasteiger partial charge >= 0.3 is 0 Å². The molecule has 2 N–H and O–H groups in total. The normalized spacial score (nSPS) is 9.50. The van der Waals surface area contributed by atoms with Crippen LogP contribution in [-0.2, 0) is 11.3 Å². The van der Waals surface area contributed by atoms with Crippen LogP contribution in [0.1, 0.15) is 12.5 Å². The molecule has 1 aromatic carbocycles. The fourth-order valence-corrected chi connectivity index (χ4v) is 0.909. The quantitative estimate of drug-likeness (QED) is 0.704. The molecule has 0 fully saturated rings. The summed E-state index contributed by atoms with van der Waals surface area (Å²) in [5.74, 6) is -0.0753. The Labute approximate surface area is 71.6 Å². The van der Waals surface area contributed by atoms with Crippen LogP contribution in [0.3, 0.4) is 0 Å². The number of carbonyl (C=O) groups excluding carboxylic acids is 1. The standard InChI is InChI=1S/C9H11N2O/c1-7(12)11-9-4-2-8(6-10)3-5-9/h2-5,10H,6H2,1H3,(H,11,12). The van der Waals surface area contributed by atoms with Gasteiger partial charge in [0.2, 0.25) is 5.91 Å². The summed E-state index contributed by atoms with van der Waals surface area (Å²) >= 11 is 0. The lowest BCUT2D eigenvalue weighted by molar-refractivity contribution is -0.114. The first-order valence-corrected chi connectivity index (χ1v) is 3.73. The second-order valence-electron chi connectivity index (χ2n) is 2.55. The molecule has 0 saturated carbocycles. The van der Waals surface area contributed by atoms with Gasteiger partial charge in [-0.05, 0) is 17.7 Å². The Morgan fingerprint density at radius 2 is 2.00 bits per heavy atom. The van der Waals surface area contributed by atoms with Crippen molar-refractivity contribution in [3.63, 3.8) is 0 Å². The van der Waals surface area contributed by atoms with E-state index >= 15 is 0 Å². The van der Waals surface area contributed by atoms with E-state index in [2.05, 4.69) is 5.32 Å². The van der Waals surface area contributed by atoms with Crippen molar-refractivity contribution in [2.24, 2.45) is 0 Å². The maximum Gasteiger partial charge on any atom is 0.221 e. The van der Waals surface area contributed by atoms with Crippen LogP contribution in [0.15, 0.2) is 24.3 Å². The van der Waals surface area contributed by atoms with E-state index in [1.54, 1.807) is 12.1 Å². The van der Waals surface area contributed by atoms with Crippen molar-refractivity contribution >= 4 is 11.6 Å². The molecule has 0 aromatic heterocycles. The molecule has 0 atom stereocenters. The van der Waals surface area contributed by atoms with Gasteiger partial charge in [-0.15, -0.1) is 0 Å². The van der Waals surface area contributed by atoms with Crippen LogP contribution in [0, 0.1) is 0 Å². The average molecular weight is 163 g/mol. The molecule has 0 unspecified atom stereocenters. The first kappa shape index (κ1) is 8.74. The summed E-state index contributed by atoms with van der Waals surface area (Å²) in [6, 6.07) is 7.26. The van der Waals surface area contributed by atoms with Crippen LogP contribution in [0.25, 0.3) is 0 Å². The molecule has 0 aliphatic heterocycles. The highest BCUT2D eigenvalue weighted by Gasteiger charge is 1.94. The number of carbonyl (C=O) groups is 1. The molecule has 0 heterocycles. The zero-order valence-electron chi connectivity index (χ0n) is 6.92. The lowest BCUT2D eigenvalue weighted by Gasteiger charge is -2.01. The summed E-state index contributed by atoms with van der Waals surface area (Å²) in [6.07, 6.45) is 0. The van der Waals surface area contributed by atoms with Crippen molar-refractivity contribution < 1.29 is 4.79 Å². The number of anilines is 1. The van der Waals surface area contributed by atoms with Gasteiger partial charge in [0.25, 0.3) is 0 Å². The Kier molecular flexibility index (Phi) is 2.82. The molecule has 0 aliphatic rings. The van der Waals surface area contributed by atoms with Crippen molar-refractivity contribution in [1.29, 1.82) is 0 Å². The Hall–Kier alpha value is -1.35. The van der Waals surface area contributed by atoms with Crippen molar-refractivity contribution in [2.75, 3.05) is 5.32 Å². The van der Waals surface area contributed by atoms with E-state index in [9.17, 15) is 4.79 Å². The van der Waals surface area contributed by atoms with E-state index in [4.69, 9.17) is 5.73 Å². The Morgan fingerprint density at radius 1 is 1.42 bits per heavy atom. The zero-order valence-corrected chi connectivity index (χ0v) is 6.92. The van der Waals surface area contributed by atoms with Crippen molar-refractivity contribution in [1.82, 2.24) is 5.73 Å². The number of rotatable bonds is 2. The van der Waals surface area contributed by atoms with Gasteiger partial charge in [-0.2, -0.15) is 0 Å². The van der Waals surface area contributed by atoms with Gasteiger partial charge in [-0.25, -0.2) is 0 Å². The number of hydrogen-bond donors (Lipinski definition) is 1. The molecule has 3 heteroatoms. The first-order valence-electron chi connectivity index (χ1n) is 3.73. The molecule has 1 rings (SSSR count). The minimum atomic E-state index is -0.0753. The van der Waals surface area contributed by atoms with Crippen LogP contribution in [-0.4, -0.2) is 5.91 Å². The van der Waals surface area contributed by atoms with E-state index in [1.165, 1.54) is 6.92 Å². The van der Waals surface area contributed by atoms with E-state index < -0.39 is 0 Å². The highest BCUT2D eigenvalue weighted by atomic mass is 16.1. The molecule has 3 nitrogen and oxygen atoms in total. The minimum absolute atomic E-state index is 0.0753. The van der Waals surface area contributed by atoms with Crippen LogP contribution in [0.5, 0.6) is 0 Å². The summed E-state index contributed by atoms with van der Waals surface area (Å²) in [5.41, 5.74) is 8.79. The molecule has 1 aromatic rings. The van der Waals surface area contributed by atoms with Gasteiger partial charge in [-0.1, -0.05) is 12.1 Å². The third kappa shape index (κ3) is 2.36. The highest BCUT2D eigenvalue weighted by Crippen LogP contribution is 2.08. The molecule has 0 bridgehead atoms. The van der Waals surface area contributed by atoms with E-state index in [-0.39, 0.29) is 12.5 Å². The number of nitrogens with one attached hydrogen (secondary N) is 2. The SMILES string of the molecule is CC(=O)Nc1ccc(C[NH])cc1. The van der Waals surface area contributed by atoms with E-state index in [0.717, 1.165) is 11.3 Å². The Morgan fingerprint density at radius 3 is 2.42 bits per heavy atom. The van der Waals surface area contributed by atoms with Crippen molar-refractivity contribution in [3.8, 4) is 0 Å². The molecule has 0 spiro atoms.